The van der Waals surface area contributed by atoms with Crippen molar-refractivity contribution in [1.29, 1.82) is 0 Å². The highest BCUT2D eigenvalue weighted by atomic mass is 16.2. The molecule has 6 N–H and O–H groups in total. The Bertz CT molecular complexity index is 1080. The summed E-state index contributed by atoms with van der Waals surface area (Å²) in [7, 11) is 0. The number of nitrogens with zero attached hydrogens (tertiary/aromatic N) is 1. The smallest absolute Gasteiger partial charge is 0.250 e. The molecule has 0 spiro atoms. The van der Waals surface area contributed by atoms with Gasteiger partial charge in [-0.25, -0.2) is 0 Å². The summed E-state index contributed by atoms with van der Waals surface area (Å²) in [5.41, 5.74) is 0. The summed E-state index contributed by atoms with van der Waals surface area (Å²) in [5.74, 6) is -5.67. The lowest BCUT2D eigenvalue weighted by Crippen LogP contribution is -2.55. The first-order valence-electron chi connectivity index (χ1n) is 12.2. The fourth-order valence-corrected chi connectivity index (χ4v) is 3.78. The van der Waals surface area contributed by atoms with Gasteiger partial charge in [-0.05, 0) is 18.2 Å². The number of amides is 6. The fourth-order valence-electron chi connectivity index (χ4n) is 3.78. The van der Waals surface area contributed by atoms with E-state index in [-0.39, 0.29) is 39.3 Å². The molecule has 0 aromatic heterocycles. The minimum atomic E-state index is -1.36. The SMILES string of the molecule is O=C1C=CC(=O)C(C(=O)NCCN(CCNC(=O)C2NC(=O)C=CC2=O)CCNC(=O)C2NC(=O)C=CC2=O)N1. The zero-order valence-corrected chi connectivity index (χ0v) is 21.1. The van der Waals surface area contributed by atoms with Crippen LogP contribution in [0.25, 0.3) is 0 Å². The molecule has 6 amide bonds. The van der Waals surface area contributed by atoms with Crippen molar-refractivity contribution in [3.05, 3.63) is 36.5 Å². The van der Waals surface area contributed by atoms with Crippen LogP contribution in [0, 0.1) is 0 Å². The average Bonchev–Trinajstić information content (AvgIpc) is 2.92. The molecule has 0 saturated heterocycles. The van der Waals surface area contributed by atoms with Crippen molar-refractivity contribution in [2.45, 2.75) is 18.1 Å². The van der Waals surface area contributed by atoms with Crippen LogP contribution in [0.4, 0.5) is 0 Å². The maximum Gasteiger partial charge on any atom is 0.250 e. The van der Waals surface area contributed by atoms with Crippen LogP contribution in [-0.4, -0.2) is 115 Å². The Kier molecular flexibility index (Phi) is 10.1. The largest absolute Gasteiger partial charge is 0.353 e. The molecule has 3 atom stereocenters. The Morgan fingerprint density at radius 2 is 0.800 bits per heavy atom. The molecule has 0 aromatic carbocycles. The van der Waals surface area contributed by atoms with Crippen molar-refractivity contribution < 1.29 is 43.2 Å². The molecular weight excluding hydrogens is 530 g/mol. The van der Waals surface area contributed by atoms with E-state index in [9.17, 15) is 43.2 Å². The van der Waals surface area contributed by atoms with Crippen LogP contribution in [0.15, 0.2) is 36.5 Å². The van der Waals surface area contributed by atoms with Crippen molar-refractivity contribution in [3.63, 3.8) is 0 Å². The highest BCUT2D eigenvalue weighted by Crippen LogP contribution is 1.99. The third-order valence-corrected chi connectivity index (χ3v) is 5.88. The van der Waals surface area contributed by atoms with E-state index in [0.29, 0.717) is 0 Å². The van der Waals surface area contributed by atoms with E-state index in [1.807, 2.05) is 0 Å². The van der Waals surface area contributed by atoms with E-state index < -0.39 is 70.9 Å². The molecule has 16 heteroatoms. The topological polar surface area (TPSA) is 229 Å². The molecule has 3 aliphatic rings. The second kappa shape index (κ2) is 13.7. The number of ketones is 3. The van der Waals surface area contributed by atoms with Crippen molar-refractivity contribution >= 4 is 52.8 Å². The Balaban J connectivity index is 1.52. The van der Waals surface area contributed by atoms with Crippen LogP contribution in [0.1, 0.15) is 0 Å². The highest BCUT2D eigenvalue weighted by molar-refractivity contribution is 6.18. The van der Waals surface area contributed by atoms with Crippen LogP contribution >= 0.6 is 0 Å². The molecule has 3 unspecified atom stereocenters. The number of hydrogen-bond donors (Lipinski definition) is 6. The number of carbonyl (C=O) groups excluding carboxylic acids is 9. The zero-order valence-electron chi connectivity index (χ0n) is 21.1. The lowest BCUT2D eigenvalue weighted by atomic mass is 10.1. The van der Waals surface area contributed by atoms with E-state index in [4.69, 9.17) is 0 Å². The first kappa shape index (κ1) is 29.6. The van der Waals surface area contributed by atoms with E-state index in [1.54, 1.807) is 4.90 Å². The third kappa shape index (κ3) is 8.26. The number of hydrogen-bond acceptors (Lipinski definition) is 10. The summed E-state index contributed by atoms with van der Waals surface area (Å²) in [6.07, 6.45) is 6.06. The predicted octanol–water partition coefficient (Wildman–Crippen LogP) is -5.49. The van der Waals surface area contributed by atoms with Gasteiger partial charge in [0.25, 0.3) is 17.7 Å². The zero-order chi connectivity index (χ0) is 29.2. The van der Waals surface area contributed by atoms with Crippen LogP contribution in [-0.2, 0) is 43.2 Å². The van der Waals surface area contributed by atoms with Crippen LogP contribution in [0.2, 0.25) is 0 Å². The van der Waals surface area contributed by atoms with Crippen LogP contribution < -0.4 is 31.9 Å². The lowest BCUT2D eigenvalue weighted by molar-refractivity contribution is -0.134. The molecule has 0 fully saturated rings. The molecule has 0 saturated carbocycles. The minimum Gasteiger partial charge on any atom is -0.353 e. The Hall–Kier alpha value is -4.99. The summed E-state index contributed by atoms with van der Waals surface area (Å²) in [4.78, 5) is 109. The fraction of sp³-hybridized carbons (Fsp3) is 0.375. The summed E-state index contributed by atoms with van der Waals surface area (Å²) < 4.78 is 0. The van der Waals surface area contributed by atoms with Crippen molar-refractivity contribution in [2.75, 3.05) is 39.3 Å². The molecule has 0 aromatic rings. The number of rotatable bonds is 12. The standard InChI is InChI=1S/C24H27N7O9/c32-13-1-4-16(35)28-19(13)22(38)25-7-10-31(11-8-26-23(39)20-14(33)2-5-17(36)29-20)12-9-27-24(40)21-15(34)3-6-18(37)30-21/h1-6,19-21H,7-12H2,(H,25,38)(H,26,39)(H,27,40)(H,28,35)(H,29,36)(H,30,37). The van der Waals surface area contributed by atoms with Gasteiger partial charge in [0.05, 0.1) is 0 Å². The Labute approximate surface area is 227 Å². The summed E-state index contributed by atoms with van der Waals surface area (Å²) in [5, 5.41) is 14.4. The van der Waals surface area contributed by atoms with E-state index in [0.717, 1.165) is 36.5 Å². The molecule has 40 heavy (non-hydrogen) atoms. The maximum absolute atomic E-state index is 12.4. The van der Waals surface area contributed by atoms with Crippen molar-refractivity contribution in [3.8, 4) is 0 Å². The maximum atomic E-state index is 12.4. The van der Waals surface area contributed by atoms with Gasteiger partial charge in [-0.2, -0.15) is 0 Å². The lowest BCUT2D eigenvalue weighted by Gasteiger charge is -2.25. The molecular formula is C24H27N7O9. The molecule has 3 aliphatic heterocycles. The van der Waals surface area contributed by atoms with E-state index in [2.05, 4.69) is 31.9 Å². The predicted molar refractivity (Wildman–Crippen MR) is 134 cm³/mol. The molecule has 3 rings (SSSR count). The van der Waals surface area contributed by atoms with Gasteiger partial charge in [-0.3, -0.25) is 48.1 Å². The number of nitrogens with one attached hydrogen (secondary N) is 6. The van der Waals surface area contributed by atoms with Gasteiger partial charge in [-0.15, -0.1) is 0 Å². The molecule has 0 bridgehead atoms. The second-order valence-electron chi connectivity index (χ2n) is 8.75. The first-order chi connectivity index (χ1) is 19.0. The monoisotopic (exact) mass is 557 g/mol. The van der Waals surface area contributed by atoms with E-state index in [1.165, 1.54) is 0 Å². The summed E-state index contributed by atoms with van der Waals surface area (Å²) in [6.45, 7) is 0.583. The van der Waals surface area contributed by atoms with Gasteiger partial charge in [0.15, 0.2) is 35.5 Å². The van der Waals surface area contributed by atoms with Crippen LogP contribution in [0.5, 0.6) is 0 Å². The van der Waals surface area contributed by atoms with Gasteiger partial charge in [0.2, 0.25) is 17.7 Å². The summed E-state index contributed by atoms with van der Waals surface area (Å²) >= 11 is 0. The third-order valence-electron chi connectivity index (χ3n) is 5.88. The minimum absolute atomic E-state index is 0.0218. The quantitative estimate of drug-likeness (QED) is 0.125. The van der Waals surface area contributed by atoms with Gasteiger partial charge >= 0.3 is 0 Å². The van der Waals surface area contributed by atoms with Gasteiger partial charge < -0.3 is 31.9 Å². The molecule has 0 radical (unpaired) electrons. The molecule has 16 nitrogen and oxygen atoms in total. The van der Waals surface area contributed by atoms with Crippen molar-refractivity contribution in [2.24, 2.45) is 0 Å². The van der Waals surface area contributed by atoms with Crippen molar-refractivity contribution in [1.82, 2.24) is 36.8 Å². The Morgan fingerprint density at radius 3 is 1.07 bits per heavy atom. The van der Waals surface area contributed by atoms with Gasteiger partial charge in [-0.1, -0.05) is 0 Å². The molecule has 3 heterocycles. The Morgan fingerprint density at radius 1 is 0.525 bits per heavy atom. The normalized spacial score (nSPS) is 22.0. The van der Waals surface area contributed by atoms with Gasteiger partial charge in [0.1, 0.15) is 0 Å². The first-order valence-corrected chi connectivity index (χ1v) is 12.2. The van der Waals surface area contributed by atoms with E-state index >= 15 is 0 Å². The molecule has 0 aliphatic carbocycles. The van der Waals surface area contributed by atoms with Crippen LogP contribution in [0.3, 0.4) is 0 Å². The van der Waals surface area contributed by atoms with Gasteiger partial charge in [0, 0.05) is 57.5 Å². The second-order valence-corrected chi connectivity index (χ2v) is 8.75. The molecule has 212 valence electrons. The number of carbonyl (C=O) groups is 9. The average molecular weight is 558 g/mol. The highest BCUT2D eigenvalue weighted by Gasteiger charge is 2.31. The summed E-state index contributed by atoms with van der Waals surface area (Å²) in [6, 6.07) is -4.09.